The van der Waals surface area contributed by atoms with Crippen molar-refractivity contribution < 1.29 is 9.32 Å². The van der Waals surface area contributed by atoms with Crippen molar-refractivity contribution in [3.05, 3.63) is 11.7 Å². The third-order valence-corrected chi connectivity index (χ3v) is 2.79. The molecule has 1 aliphatic heterocycles. The van der Waals surface area contributed by atoms with E-state index in [-0.39, 0.29) is 11.9 Å². The highest BCUT2D eigenvalue weighted by atomic mass is 16.5. The van der Waals surface area contributed by atoms with Gasteiger partial charge in [0.15, 0.2) is 0 Å². The van der Waals surface area contributed by atoms with Gasteiger partial charge in [0.05, 0.1) is 11.6 Å². The Balaban J connectivity index is 2.06. The van der Waals surface area contributed by atoms with Crippen LogP contribution in [0.2, 0.25) is 0 Å². The molecule has 6 nitrogen and oxygen atoms in total. The molecule has 0 saturated carbocycles. The van der Waals surface area contributed by atoms with Gasteiger partial charge < -0.3 is 15.2 Å². The number of amides is 1. The van der Waals surface area contributed by atoms with Crippen molar-refractivity contribution in [1.29, 1.82) is 0 Å². The van der Waals surface area contributed by atoms with Crippen molar-refractivity contribution in [2.24, 2.45) is 0 Å². The third-order valence-electron chi connectivity index (χ3n) is 2.79. The van der Waals surface area contributed by atoms with Gasteiger partial charge in [-0.25, -0.2) is 0 Å². The summed E-state index contributed by atoms with van der Waals surface area (Å²) in [5.74, 6) is 2.52. The molecule has 0 radical (unpaired) electrons. The largest absolute Gasteiger partial charge is 0.337 e. The Kier molecular flexibility index (Phi) is 3.34. The molecule has 1 amide bonds. The van der Waals surface area contributed by atoms with E-state index in [1.54, 1.807) is 13.8 Å². The molecule has 1 aromatic heterocycles. The van der Waals surface area contributed by atoms with Gasteiger partial charge in [-0.1, -0.05) is 11.1 Å². The lowest BCUT2D eigenvalue weighted by molar-refractivity contribution is 0.0916. The van der Waals surface area contributed by atoms with Gasteiger partial charge in [0.1, 0.15) is 0 Å². The summed E-state index contributed by atoms with van der Waals surface area (Å²) in [6.45, 7) is 4.38. The smallest absolute Gasteiger partial charge is 0.293 e. The van der Waals surface area contributed by atoms with Gasteiger partial charge in [0, 0.05) is 0 Å². The average Bonchev–Trinajstić information content (AvgIpc) is 2.99. The highest BCUT2D eigenvalue weighted by molar-refractivity contribution is 5.91. The van der Waals surface area contributed by atoms with Gasteiger partial charge in [-0.15, -0.1) is 6.42 Å². The Bertz CT molecular complexity index is 481. The molecule has 2 N–H and O–H groups in total. The van der Waals surface area contributed by atoms with E-state index in [1.807, 2.05) is 0 Å². The highest BCUT2D eigenvalue weighted by Crippen LogP contribution is 2.21. The van der Waals surface area contributed by atoms with Crippen molar-refractivity contribution in [1.82, 2.24) is 20.8 Å². The molecule has 1 saturated heterocycles. The summed E-state index contributed by atoms with van der Waals surface area (Å²) in [6.07, 6.45) is 7.31. The molecule has 0 aliphatic carbocycles. The second kappa shape index (κ2) is 4.78. The van der Waals surface area contributed by atoms with Gasteiger partial charge in [-0.3, -0.25) is 4.79 Å². The Labute approximate surface area is 106 Å². The Morgan fingerprint density at radius 1 is 1.67 bits per heavy atom. The average molecular weight is 248 g/mol. The maximum Gasteiger partial charge on any atom is 0.293 e. The van der Waals surface area contributed by atoms with Crippen LogP contribution in [0.5, 0.6) is 0 Å². The predicted molar refractivity (Wildman–Crippen MR) is 64.7 cm³/mol. The van der Waals surface area contributed by atoms with E-state index >= 15 is 0 Å². The van der Waals surface area contributed by atoms with E-state index in [0.29, 0.717) is 5.89 Å². The van der Waals surface area contributed by atoms with Crippen molar-refractivity contribution in [3.8, 4) is 12.3 Å². The minimum atomic E-state index is -0.733. The number of rotatable bonds is 3. The van der Waals surface area contributed by atoms with E-state index in [2.05, 4.69) is 26.7 Å². The SMILES string of the molecule is C#CC(C)(C)NC(=O)c1noc(C2CCCN2)n1. The lowest BCUT2D eigenvalue weighted by Gasteiger charge is -2.17. The molecule has 1 unspecified atom stereocenters. The first-order valence-corrected chi connectivity index (χ1v) is 5.89. The third kappa shape index (κ3) is 2.68. The van der Waals surface area contributed by atoms with Crippen LogP contribution in [-0.2, 0) is 0 Å². The minimum Gasteiger partial charge on any atom is -0.337 e. The van der Waals surface area contributed by atoms with Gasteiger partial charge >= 0.3 is 0 Å². The first kappa shape index (κ1) is 12.6. The molecule has 0 spiro atoms. The summed E-state index contributed by atoms with van der Waals surface area (Å²) in [4.78, 5) is 15.9. The summed E-state index contributed by atoms with van der Waals surface area (Å²) in [7, 11) is 0. The molecule has 0 bridgehead atoms. The number of hydrogen-bond acceptors (Lipinski definition) is 5. The number of nitrogens with one attached hydrogen (secondary N) is 2. The maximum atomic E-state index is 11.8. The fraction of sp³-hybridized carbons (Fsp3) is 0.583. The second-order valence-electron chi connectivity index (χ2n) is 4.83. The van der Waals surface area contributed by atoms with E-state index in [4.69, 9.17) is 10.9 Å². The molecular formula is C12H16N4O2. The molecule has 2 heterocycles. The zero-order valence-corrected chi connectivity index (χ0v) is 10.5. The summed E-state index contributed by atoms with van der Waals surface area (Å²) in [5.41, 5.74) is -0.733. The number of carbonyl (C=O) groups is 1. The van der Waals surface area contributed by atoms with Crippen molar-refractivity contribution >= 4 is 5.91 Å². The van der Waals surface area contributed by atoms with Crippen LogP contribution in [-0.4, -0.2) is 28.1 Å². The first-order chi connectivity index (χ1) is 8.52. The van der Waals surface area contributed by atoms with Crippen LogP contribution in [0.1, 0.15) is 49.2 Å². The first-order valence-electron chi connectivity index (χ1n) is 5.89. The fourth-order valence-electron chi connectivity index (χ4n) is 1.74. The molecular weight excluding hydrogens is 232 g/mol. The van der Waals surface area contributed by atoms with Crippen LogP contribution >= 0.6 is 0 Å². The molecule has 96 valence electrons. The van der Waals surface area contributed by atoms with Crippen LogP contribution in [0.3, 0.4) is 0 Å². The molecule has 2 rings (SSSR count). The summed E-state index contributed by atoms with van der Waals surface area (Å²) >= 11 is 0. The number of hydrogen-bond donors (Lipinski definition) is 2. The predicted octanol–water partition coefficient (Wildman–Crippen LogP) is 0.636. The summed E-state index contributed by atoms with van der Waals surface area (Å²) in [5, 5.41) is 9.54. The summed E-state index contributed by atoms with van der Waals surface area (Å²) < 4.78 is 5.08. The van der Waals surface area contributed by atoms with Gasteiger partial charge in [0.25, 0.3) is 11.7 Å². The number of carbonyl (C=O) groups excluding carboxylic acids is 1. The van der Waals surface area contributed by atoms with Gasteiger partial charge in [0.2, 0.25) is 5.89 Å². The zero-order valence-electron chi connectivity index (χ0n) is 10.5. The number of nitrogens with zero attached hydrogens (tertiary/aromatic N) is 2. The van der Waals surface area contributed by atoms with E-state index in [0.717, 1.165) is 19.4 Å². The molecule has 0 aromatic carbocycles. The Hall–Kier alpha value is -1.87. The molecule has 6 heteroatoms. The fourth-order valence-corrected chi connectivity index (χ4v) is 1.74. The molecule has 1 atom stereocenters. The molecule has 18 heavy (non-hydrogen) atoms. The van der Waals surface area contributed by atoms with Gasteiger partial charge in [-0.2, -0.15) is 4.98 Å². The van der Waals surface area contributed by atoms with Crippen LogP contribution in [0, 0.1) is 12.3 Å². The van der Waals surface area contributed by atoms with E-state index < -0.39 is 11.4 Å². The zero-order chi connectivity index (χ0) is 13.2. The normalized spacial score (nSPS) is 19.5. The standard InChI is InChI=1S/C12H16N4O2/c1-4-12(2,3)15-10(17)9-14-11(18-16-9)8-6-5-7-13-8/h1,8,13H,5-7H2,2-3H3,(H,15,17). The monoisotopic (exact) mass is 248 g/mol. The van der Waals surface area contributed by atoms with Crippen LogP contribution in [0.25, 0.3) is 0 Å². The topological polar surface area (TPSA) is 80.0 Å². The van der Waals surface area contributed by atoms with Crippen molar-refractivity contribution in [2.75, 3.05) is 6.54 Å². The highest BCUT2D eigenvalue weighted by Gasteiger charge is 2.26. The Morgan fingerprint density at radius 2 is 2.44 bits per heavy atom. The molecule has 1 aliphatic rings. The number of aromatic nitrogens is 2. The maximum absolute atomic E-state index is 11.8. The van der Waals surface area contributed by atoms with Crippen LogP contribution < -0.4 is 10.6 Å². The second-order valence-corrected chi connectivity index (χ2v) is 4.83. The quantitative estimate of drug-likeness (QED) is 0.767. The van der Waals surface area contributed by atoms with Crippen LogP contribution in [0.4, 0.5) is 0 Å². The lowest BCUT2D eigenvalue weighted by atomic mass is 10.1. The lowest BCUT2D eigenvalue weighted by Crippen LogP contribution is -2.42. The Morgan fingerprint density at radius 3 is 3.06 bits per heavy atom. The van der Waals surface area contributed by atoms with Crippen molar-refractivity contribution in [3.63, 3.8) is 0 Å². The summed E-state index contributed by atoms with van der Waals surface area (Å²) in [6, 6.07) is 0.0553. The van der Waals surface area contributed by atoms with E-state index in [1.165, 1.54) is 0 Å². The van der Waals surface area contributed by atoms with Gasteiger partial charge in [-0.05, 0) is 33.2 Å². The molecule has 1 fully saturated rings. The van der Waals surface area contributed by atoms with Crippen LogP contribution in [0.15, 0.2) is 4.52 Å². The number of terminal acetylenes is 1. The van der Waals surface area contributed by atoms with E-state index in [9.17, 15) is 4.79 Å². The minimum absolute atomic E-state index is 0.0158. The van der Waals surface area contributed by atoms with Crippen molar-refractivity contribution in [2.45, 2.75) is 38.3 Å². The molecule has 1 aromatic rings.